The van der Waals surface area contributed by atoms with Crippen molar-refractivity contribution in [3.8, 4) is 11.3 Å². The predicted molar refractivity (Wildman–Crippen MR) is 66.0 cm³/mol. The molecule has 0 bridgehead atoms. The molecule has 1 N–H and O–H groups in total. The van der Waals surface area contributed by atoms with Crippen molar-refractivity contribution in [2.24, 2.45) is 0 Å². The Labute approximate surface area is 100 Å². The van der Waals surface area contributed by atoms with E-state index in [0.29, 0.717) is 11.3 Å². The Morgan fingerprint density at radius 3 is 2.41 bits per heavy atom. The highest BCUT2D eigenvalue weighted by Gasteiger charge is 2.14. The number of nitrogens with zero attached hydrogens (tertiary/aromatic N) is 1. The normalized spacial score (nSPS) is 11.6. The van der Waals surface area contributed by atoms with Gasteiger partial charge in [-0.3, -0.25) is 0 Å². The Morgan fingerprint density at radius 1 is 1.24 bits per heavy atom. The van der Waals surface area contributed by atoms with Crippen molar-refractivity contribution in [2.45, 2.75) is 6.61 Å². The molecule has 4 nitrogen and oxygen atoms in total. The van der Waals surface area contributed by atoms with Gasteiger partial charge in [-0.1, -0.05) is 30.3 Å². The van der Waals surface area contributed by atoms with E-state index in [1.807, 2.05) is 30.3 Å². The van der Waals surface area contributed by atoms with E-state index in [0.717, 1.165) is 11.8 Å². The zero-order chi connectivity index (χ0) is 12.5. The summed E-state index contributed by atoms with van der Waals surface area (Å²) < 4.78 is 24.5. The molecule has 0 fully saturated rings. The number of hydrogen-bond acceptors (Lipinski definition) is 3. The molecule has 2 aromatic rings. The van der Waals surface area contributed by atoms with Gasteiger partial charge in [-0.2, -0.15) is 0 Å². The lowest BCUT2D eigenvalue weighted by atomic mass is 10.1. The average Bonchev–Trinajstić information content (AvgIpc) is 2.74. The lowest BCUT2D eigenvalue weighted by molar-refractivity contribution is 0.282. The van der Waals surface area contributed by atoms with Gasteiger partial charge in [0.1, 0.15) is 0 Å². The summed E-state index contributed by atoms with van der Waals surface area (Å²) in [5, 5.41) is 9.08. The van der Waals surface area contributed by atoms with Crippen LogP contribution in [0.3, 0.4) is 0 Å². The maximum Gasteiger partial charge on any atom is 0.236 e. The minimum atomic E-state index is -3.37. The number of rotatable bonds is 3. The van der Waals surface area contributed by atoms with Gasteiger partial charge in [0, 0.05) is 6.20 Å². The molecule has 0 amide bonds. The average molecular weight is 251 g/mol. The number of aliphatic hydroxyl groups excluding tert-OH is 1. The third-order valence-electron chi connectivity index (χ3n) is 2.45. The second-order valence-corrected chi connectivity index (χ2v) is 5.68. The summed E-state index contributed by atoms with van der Waals surface area (Å²) in [7, 11) is -3.37. The fourth-order valence-corrected chi connectivity index (χ4v) is 2.52. The van der Waals surface area contributed by atoms with E-state index in [4.69, 9.17) is 5.11 Å². The van der Waals surface area contributed by atoms with Crippen LogP contribution in [0.25, 0.3) is 11.3 Å². The second-order valence-electron chi connectivity index (χ2n) is 3.82. The SMILES string of the molecule is CS(=O)(=O)n1cc(CO)cc1-c1ccccc1. The zero-order valence-electron chi connectivity index (χ0n) is 9.37. The molecule has 1 heterocycles. The van der Waals surface area contributed by atoms with Crippen molar-refractivity contribution in [3.05, 3.63) is 48.2 Å². The highest BCUT2D eigenvalue weighted by atomic mass is 32.2. The first-order chi connectivity index (χ1) is 8.02. The molecule has 0 atom stereocenters. The Bertz CT molecular complexity index is 614. The maximum atomic E-state index is 11.6. The predicted octanol–water partition coefficient (Wildman–Crippen LogP) is 1.46. The minimum Gasteiger partial charge on any atom is -0.392 e. The molecule has 90 valence electrons. The largest absolute Gasteiger partial charge is 0.392 e. The molecule has 0 aliphatic rings. The molecule has 0 spiro atoms. The first kappa shape index (κ1) is 11.9. The first-order valence-corrected chi connectivity index (χ1v) is 6.95. The third-order valence-corrected chi connectivity index (χ3v) is 3.47. The smallest absolute Gasteiger partial charge is 0.236 e. The van der Waals surface area contributed by atoms with Crippen molar-refractivity contribution in [3.63, 3.8) is 0 Å². The summed E-state index contributed by atoms with van der Waals surface area (Å²) in [6, 6.07) is 10.9. The molecule has 1 aromatic carbocycles. The molecule has 1 aromatic heterocycles. The molecule has 0 radical (unpaired) electrons. The molecule has 17 heavy (non-hydrogen) atoms. The molecule has 5 heteroatoms. The van der Waals surface area contributed by atoms with Gasteiger partial charge in [-0.25, -0.2) is 12.4 Å². The van der Waals surface area contributed by atoms with Crippen LogP contribution in [-0.4, -0.2) is 23.8 Å². The lowest BCUT2D eigenvalue weighted by Gasteiger charge is -2.06. The summed E-state index contributed by atoms with van der Waals surface area (Å²) in [5.74, 6) is 0. The van der Waals surface area contributed by atoms with E-state index in [-0.39, 0.29) is 6.61 Å². The number of aromatic nitrogens is 1. The Morgan fingerprint density at radius 2 is 1.88 bits per heavy atom. The summed E-state index contributed by atoms with van der Waals surface area (Å²) in [6.45, 7) is -0.178. The molecular formula is C12H13NO3S. The second kappa shape index (κ2) is 4.35. The van der Waals surface area contributed by atoms with E-state index >= 15 is 0 Å². The third kappa shape index (κ3) is 2.40. The molecular weight excluding hydrogens is 238 g/mol. The molecule has 0 saturated heterocycles. The van der Waals surface area contributed by atoms with Gasteiger partial charge in [-0.15, -0.1) is 0 Å². The minimum absolute atomic E-state index is 0.178. The van der Waals surface area contributed by atoms with Crippen LogP contribution in [0, 0.1) is 0 Å². The van der Waals surface area contributed by atoms with Gasteiger partial charge < -0.3 is 5.11 Å². The van der Waals surface area contributed by atoms with E-state index in [2.05, 4.69) is 0 Å². The Kier molecular flexibility index (Phi) is 3.04. The van der Waals surface area contributed by atoms with Crippen LogP contribution in [0.4, 0.5) is 0 Å². The van der Waals surface area contributed by atoms with Crippen LogP contribution < -0.4 is 0 Å². The number of hydrogen-bond donors (Lipinski definition) is 1. The Balaban J connectivity index is 2.65. The van der Waals surface area contributed by atoms with E-state index in [1.165, 1.54) is 10.2 Å². The van der Waals surface area contributed by atoms with Crippen LogP contribution in [-0.2, 0) is 16.6 Å². The molecule has 2 rings (SSSR count). The lowest BCUT2D eigenvalue weighted by Crippen LogP contribution is -2.09. The quantitative estimate of drug-likeness (QED) is 0.898. The van der Waals surface area contributed by atoms with Crippen molar-refractivity contribution < 1.29 is 13.5 Å². The number of aliphatic hydroxyl groups is 1. The highest BCUT2D eigenvalue weighted by molar-refractivity contribution is 7.89. The van der Waals surface area contributed by atoms with Crippen molar-refractivity contribution >= 4 is 10.0 Å². The zero-order valence-corrected chi connectivity index (χ0v) is 10.2. The summed E-state index contributed by atoms with van der Waals surface area (Å²) in [4.78, 5) is 0. The standard InChI is InChI=1S/C12H13NO3S/c1-17(15,16)13-8-10(9-14)7-12(13)11-5-3-2-4-6-11/h2-8,14H,9H2,1H3. The summed E-state index contributed by atoms with van der Waals surface area (Å²) in [5.41, 5.74) is 1.95. The van der Waals surface area contributed by atoms with Crippen LogP contribution >= 0.6 is 0 Å². The van der Waals surface area contributed by atoms with Gasteiger partial charge >= 0.3 is 0 Å². The van der Waals surface area contributed by atoms with Crippen LogP contribution in [0.15, 0.2) is 42.6 Å². The fourth-order valence-electron chi connectivity index (χ4n) is 1.68. The van der Waals surface area contributed by atoms with E-state index < -0.39 is 10.0 Å². The topological polar surface area (TPSA) is 59.3 Å². The molecule has 0 saturated carbocycles. The monoisotopic (exact) mass is 251 g/mol. The van der Waals surface area contributed by atoms with Gasteiger partial charge in [0.2, 0.25) is 10.0 Å². The van der Waals surface area contributed by atoms with Gasteiger partial charge in [0.05, 0.1) is 18.6 Å². The first-order valence-electron chi connectivity index (χ1n) is 5.10. The van der Waals surface area contributed by atoms with Gasteiger partial charge in [-0.05, 0) is 17.2 Å². The van der Waals surface area contributed by atoms with E-state index in [1.54, 1.807) is 6.07 Å². The van der Waals surface area contributed by atoms with Crippen LogP contribution in [0.2, 0.25) is 0 Å². The Hall–Kier alpha value is -1.59. The van der Waals surface area contributed by atoms with Crippen LogP contribution in [0.5, 0.6) is 0 Å². The van der Waals surface area contributed by atoms with Crippen molar-refractivity contribution in [2.75, 3.05) is 6.26 Å². The van der Waals surface area contributed by atoms with Crippen molar-refractivity contribution in [1.82, 2.24) is 3.97 Å². The molecule has 0 unspecified atom stereocenters. The summed E-state index contributed by atoms with van der Waals surface area (Å²) >= 11 is 0. The fraction of sp³-hybridized carbons (Fsp3) is 0.167. The molecule has 0 aliphatic heterocycles. The maximum absolute atomic E-state index is 11.6. The highest BCUT2D eigenvalue weighted by Crippen LogP contribution is 2.23. The van der Waals surface area contributed by atoms with Crippen LogP contribution in [0.1, 0.15) is 5.56 Å². The summed E-state index contributed by atoms with van der Waals surface area (Å²) in [6.07, 6.45) is 2.58. The molecule has 0 aliphatic carbocycles. The van der Waals surface area contributed by atoms with E-state index in [9.17, 15) is 8.42 Å². The van der Waals surface area contributed by atoms with Gasteiger partial charge in [0.15, 0.2) is 0 Å². The van der Waals surface area contributed by atoms with Crippen molar-refractivity contribution in [1.29, 1.82) is 0 Å². The number of benzene rings is 1. The van der Waals surface area contributed by atoms with Gasteiger partial charge in [0.25, 0.3) is 0 Å².